The quantitative estimate of drug-likeness (QED) is 0.0654. The molecule has 6 rings (SSSR count). The predicted octanol–water partition coefficient (Wildman–Crippen LogP) is -3.67. The van der Waals surface area contributed by atoms with Gasteiger partial charge in [0.1, 0.15) is 48.3 Å². The number of carboxylic acids is 1. The molecule has 2 aromatic rings. The van der Waals surface area contributed by atoms with Crippen LogP contribution >= 0.6 is 11.8 Å². The van der Waals surface area contributed by atoms with Gasteiger partial charge in [-0.15, -0.1) is 11.8 Å². The Morgan fingerprint density at radius 3 is 2.14 bits per heavy atom. The maximum absolute atomic E-state index is 14.7. The molecule has 3 aliphatic heterocycles. The zero-order valence-corrected chi connectivity index (χ0v) is 41.1. The Morgan fingerprint density at radius 2 is 1.42 bits per heavy atom. The summed E-state index contributed by atoms with van der Waals surface area (Å²) >= 11 is 1.02. The molecule has 16 N–H and O–H groups in total. The Labute approximate surface area is 423 Å². The number of benzene rings is 1. The summed E-state index contributed by atoms with van der Waals surface area (Å²) in [6.07, 6.45) is 1.64. The standard InChI is InChI=1S/C46H64N14O12S/c1-22-37(65)55-28-17-25-24-11-5-6-12-26(24)58-44(25)73-21-31(41(69)56-30(18-33(47)61)45(72)60-16-8-14-32(60)42(70)52-22)57-43(71)36(23-9-3-2-4-10-23)59-40(68)29(19-35(63)64)53-34(62)20-51-38(66)27(54-39(28)67)13-7-15-50-46(48)49/h5-6,11-12,22-23,27-32,36,58H,2-4,7-10,13-21H2,1H3,(H2,47,61)(H,51,66)(H,52,70)(H,53,62)(H,54,67)(H,55,65)(H,56,69)(H,57,71)(H,59,68)(H,63,64)(H4,48,49,50)/t22-,27-,28-,29-,30-,31-,32-,36-/m0/s1. The molecule has 1 aromatic heterocycles. The van der Waals surface area contributed by atoms with Crippen LogP contribution in [-0.4, -0.2) is 160 Å². The highest BCUT2D eigenvalue weighted by Crippen LogP contribution is 2.32. The summed E-state index contributed by atoms with van der Waals surface area (Å²) in [6.45, 7) is 0.605. The Balaban J connectivity index is 1.51. The van der Waals surface area contributed by atoms with Crippen LogP contribution in [-0.2, 0) is 59.2 Å². The zero-order chi connectivity index (χ0) is 52.9. The van der Waals surface area contributed by atoms with Crippen LogP contribution in [0.25, 0.3) is 10.9 Å². The van der Waals surface area contributed by atoms with Crippen molar-refractivity contribution in [3.05, 3.63) is 29.8 Å². The molecule has 2 fully saturated rings. The third-order valence-corrected chi connectivity index (χ3v) is 14.3. The minimum atomic E-state index is -1.77. The van der Waals surface area contributed by atoms with Gasteiger partial charge in [0.25, 0.3) is 0 Å². The molecular formula is C46H64N14O12S. The second-order valence-corrected chi connectivity index (χ2v) is 19.6. The van der Waals surface area contributed by atoms with E-state index >= 15 is 0 Å². The van der Waals surface area contributed by atoms with Crippen molar-refractivity contribution in [2.24, 2.45) is 28.1 Å². The molecule has 10 amide bonds. The van der Waals surface area contributed by atoms with E-state index in [0.29, 0.717) is 53.6 Å². The van der Waals surface area contributed by atoms with Crippen LogP contribution in [0.2, 0.25) is 0 Å². The number of hydrogen-bond acceptors (Lipinski definition) is 13. The lowest BCUT2D eigenvalue weighted by atomic mass is 9.83. The van der Waals surface area contributed by atoms with Crippen molar-refractivity contribution in [3.63, 3.8) is 0 Å². The van der Waals surface area contributed by atoms with E-state index in [2.05, 4.69) is 52.5 Å². The van der Waals surface area contributed by atoms with Crippen LogP contribution < -0.4 is 59.7 Å². The summed E-state index contributed by atoms with van der Waals surface area (Å²) in [5, 5.41) is 31.4. The van der Waals surface area contributed by atoms with Gasteiger partial charge < -0.3 is 74.7 Å². The molecule has 0 spiro atoms. The number of carbonyl (C=O) groups is 11. The van der Waals surface area contributed by atoms with E-state index in [1.807, 2.05) is 0 Å². The molecule has 26 nitrogen and oxygen atoms in total. The van der Waals surface area contributed by atoms with Crippen molar-refractivity contribution < 1.29 is 57.8 Å². The van der Waals surface area contributed by atoms with Gasteiger partial charge in [0, 0.05) is 36.2 Å². The summed E-state index contributed by atoms with van der Waals surface area (Å²) in [5.41, 5.74) is 17.6. The number of hydrogen-bond donors (Lipinski definition) is 13. The number of H-pyrrole nitrogens is 1. The smallest absolute Gasteiger partial charge is 0.305 e. The maximum atomic E-state index is 14.7. The van der Waals surface area contributed by atoms with Gasteiger partial charge >= 0.3 is 5.97 Å². The molecule has 1 saturated heterocycles. The van der Waals surface area contributed by atoms with Gasteiger partial charge in [0.2, 0.25) is 59.1 Å². The molecule has 1 aliphatic carbocycles. The van der Waals surface area contributed by atoms with E-state index < -0.39 is 139 Å². The number of primary amides is 1. The number of guanidine groups is 1. The average Bonchev–Trinajstić information content (AvgIpc) is 3.98. The monoisotopic (exact) mass is 1040 g/mol. The van der Waals surface area contributed by atoms with Crippen molar-refractivity contribution in [1.82, 2.24) is 52.4 Å². The van der Waals surface area contributed by atoms with Gasteiger partial charge in [-0.3, -0.25) is 57.7 Å². The first-order chi connectivity index (χ1) is 34.8. The topological polar surface area (TPSA) is 414 Å². The van der Waals surface area contributed by atoms with Crippen LogP contribution in [0.15, 0.2) is 34.3 Å². The van der Waals surface area contributed by atoms with Crippen LogP contribution in [0.3, 0.4) is 0 Å². The fraction of sp³-hybridized carbons (Fsp3) is 0.565. The van der Waals surface area contributed by atoms with Crippen molar-refractivity contribution >= 4 is 93.7 Å². The molecule has 8 atom stereocenters. The summed E-state index contributed by atoms with van der Waals surface area (Å²) in [7, 11) is 0. The number of nitrogens with one attached hydrogen (secondary N) is 9. The third-order valence-electron chi connectivity index (χ3n) is 13.2. The SMILES string of the molecule is C[C@@H]1NC(=O)[C@@H]2CCCN2C(=O)[C@H](CC(N)=O)NC(=O)[C@@H]2CSc3[nH]c4ccccc4c3C[C@H](NC1=O)C(=O)N[C@@H](CCCN=C(N)N)C(=O)NCC(=O)N[C@@H](CC(=O)O)C(=O)N[C@@H](C1CCCCC1)C(=O)N2. The lowest BCUT2D eigenvalue weighted by Gasteiger charge is -2.33. The van der Waals surface area contributed by atoms with E-state index in [1.54, 1.807) is 24.3 Å². The van der Waals surface area contributed by atoms with Crippen molar-refractivity contribution in [1.29, 1.82) is 0 Å². The fourth-order valence-corrected chi connectivity index (χ4v) is 10.6. The molecular weight excluding hydrogens is 973 g/mol. The number of nitrogens with zero attached hydrogens (tertiary/aromatic N) is 2. The number of aromatic nitrogens is 1. The minimum absolute atomic E-state index is 0.0236. The average molecular weight is 1040 g/mol. The number of amides is 10. The van der Waals surface area contributed by atoms with Gasteiger partial charge in [0.15, 0.2) is 5.96 Å². The molecule has 4 aliphatic rings. The minimum Gasteiger partial charge on any atom is -0.481 e. The number of para-hydroxylation sites is 1. The second kappa shape index (κ2) is 25.3. The zero-order valence-electron chi connectivity index (χ0n) is 40.3. The maximum Gasteiger partial charge on any atom is 0.305 e. The van der Waals surface area contributed by atoms with E-state index in [4.69, 9.17) is 17.2 Å². The van der Waals surface area contributed by atoms with Crippen LogP contribution in [0.1, 0.15) is 83.1 Å². The van der Waals surface area contributed by atoms with Crippen LogP contribution in [0, 0.1) is 5.92 Å². The lowest BCUT2D eigenvalue weighted by molar-refractivity contribution is -0.143. The number of carbonyl (C=O) groups excluding carboxylic acids is 10. The second-order valence-electron chi connectivity index (χ2n) is 18.6. The number of nitrogens with two attached hydrogens (primary N) is 3. The molecule has 1 aromatic carbocycles. The van der Waals surface area contributed by atoms with E-state index in [9.17, 15) is 57.8 Å². The highest BCUT2D eigenvalue weighted by molar-refractivity contribution is 7.99. The fourth-order valence-electron chi connectivity index (χ4n) is 9.46. The molecule has 0 radical (unpaired) electrons. The largest absolute Gasteiger partial charge is 0.481 e. The first-order valence-electron chi connectivity index (χ1n) is 24.3. The van der Waals surface area contributed by atoms with Crippen molar-refractivity contribution in [2.75, 3.05) is 25.4 Å². The molecule has 2 bridgehead atoms. The summed E-state index contributed by atoms with van der Waals surface area (Å²) in [6, 6.07) is -4.75. The van der Waals surface area contributed by atoms with Gasteiger partial charge in [0.05, 0.1) is 24.4 Å². The van der Waals surface area contributed by atoms with Gasteiger partial charge in [-0.05, 0) is 63.0 Å². The lowest BCUT2D eigenvalue weighted by Crippen LogP contribution is -2.61. The van der Waals surface area contributed by atoms with Gasteiger partial charge in [-0.25, -0.2) is 0 Å². The van der Waals surface area contributed by atoms with Crippen LogP contribution in [0.4, 0.5) is 0 Å². The molecule has 0 unspecified atom stereocenters. The predicted molar refractivity (Wildman–Crippen MR) is 262 cm³/mol. The number of fused-ring (bicyclic) bond motifs is 5. The number of rotatable bonds is 9. The summed E-state index contributed by atoms with van der Waals surface area (Å²) < 4.78 is 0. The van der Waals surface area contributed by atoms with E-state index in [1.165, 1.54) is 6.92 Å². The van der Waals surface area contributed by atoms with Crippen LogP contribution in [0.5, 0.6) is 0 Å². The normalized spacial score (nSPS) is 26.9. The van der Waals surface area contributed by atoms with Gasteiger partial charge in [-0.2, -0.15) is 0 Å². The Hall–Kier alpha value is -7.45. The Kier molecular flexibility index (Phi) is 19.0. The molecule has 73 heavy (non-hydrogen) atoms. The van der Waals surface area contributed by atoms with Gasteiger partial charge in [-0.1, -0.05) is 37.5 Å². The first kappa shape index (κ1) is 54.9. The number of aromatic amines is 1. The van der Waals surface area contributed by atoms with Crippen molar-refractivity contribution in [2.45, 2.75) is 137 Å². The number of aliphatic carboxylic acids is 1. The third kappa shape index (κ3) is 14.8. The first-order valence-corrected chi connectivity index (χ1v) is 25.3. The number of thioether (sulfide) groups is 1. The Morgan fingerprint density at radius 1 is 0.726 bits per heavy atom. The highest BCUT2D eigenvalue weighted by atomic mass is 32.2. The van der Waals surface area contributed by atoms with E-state index in [-0.39, 0.29) is 50.5 Å². The molecule has 1 saturated carbocycles. The highest BCUT2D eigenvalue weighted by Gasteiger charge is 2.42. The molecule has 4 heterocycles. The Bertz CT molecular complexity index is 2490. The molecule has 396 valence electrons. The van der Waals surface area contributed by atoms with E-state index in [0.717, 1.165) is 23.1 Å². The number of carboxylic acid groups (broad SMARTS) is 1. The summed E-state index contributed by atoms with van der Waals surface area (Å²) in [5.74, 6) is -11.6. The molecule has 27 heteroatoms. The van der Waals surface area contributed by atoms with Crippen molar-refractivity contribution in [3.8, 4) is 0 Å². The number of aliphatic imine (C=N–C) groups is 1. The summed E-state index contributed by atoms with van der Waals surface area (Å²) in [4.78, 5) is 161.